The predicted molar refractivity (Wildman–Crippen MR) is 85.7 cm³/mol. The largest absolute Gasteiger partial charge is 0.491 e. The van der Waals surface area contributed by atoms with Gasteiger partial charge < -0.3 is 15.6 Å². The molecule has 2 rings (SSSR count). The zero-order valence-electron chi connectivity index (χ0n) is 12.4. The number of aliphatic hydroxyl groups excluding tert-OH is 1. The van der Waals surface area contributed by atoms with E-state index >= 15 is 0 Å². The van der Waals surface area contributed by atoms with Crippen molar-refractivity contribution >= 4 is 10.8 Å². The second-order valence-electron chi connectivity index (χ2n) is 5.74. The van der Waals surface area contributed by atoms with Crippen LogP contribution in [0.3, 0.4) is 0 Å². The van der Waals surface area contributed by atoms with Gasteiger partial charge in [0.05, 0.1) is 11.9 Å². The molecule has 21 heavy (non-hydrogen) atoms. The predicted octanol–water partition coefficient (Wildman–Crippen LogP) is 1.82. The lowest BCUT2D eigenvalue weighted by Crippen LogP contribution is -2.26. The molecule has 0 heterocycles. The molecular weight excluding hydrogens is 286 g/mol. The van der Waals surface area contributed by atoms with E-state index in [0.29, 0.717) is 24.0 Å². The third kappa shape index (κ3) is 5.77. The van der Waals surface area contributed by atoms with Crippen molar-refractivity contribution in [2.24, 2.45) is 11.7 Å². The Balaban J connectivity index is 1.70. The molecule has 0 bridgehead atoms. The number of ether oxygens (including phenoxy) is 1. The highest BCUT2D eigenvalue weighted by atomic mass is 32.2. The standard InChI is InChI=1S/C16H25NO3S/c17-9-14-6-3-7-16(8-14)20-10-15(18)12-21(19)11-13-4-1-2-5-13/h3,6-8,13,15,18H,1-2,4-5,9-12,17H2. The fraction of sp³-hybridized carbons (Fsp3) is 0.625. The second-order valence-corrected chi connectivity index (χ2v) is 7.29. The number of hydrogen-bond donors (Lipinski definition) is 2. The normalized spacial score (nSPS) is 18.6. The topological polar surface area (TPSA) is 72.6 Å². The first-order chi connectivity index (χ1) is 10.2. The summed E-state index contributed by atoms with van der Waals surface area (Å²) in [5.41, 5.74) is 6.57. The van der Waals surface area contributed by atoms with Crippen molar-refractivity contribution in [2.45, 2.75) is 38.3 Å². The monoisotopic (exact) mass is 311 g/mol. The molecule has 2 unspecified atom stereocenters. The summed E-state index contributed by atoms with van der Waals surface area (Å²) < 4.78 is 17.5. The summed E-state index contributed by atoms with van der Waals surface area (Å²) in [6.45, 7) is 0.635. The minimum Gasteiger partial charge on any atom is -0.491 e. The SMILES string of the molecule is NCc1cccc(OCC(O)CS(=O)CC2CCCC2)c1. The van der Waals surface area contributed by atoms with Gasteiger partial charge in [0.2, 0.25) is 0 Å². The Morgan fingerprint density at radius 3 is 2.86 bits per heavy atom. The number of nitrogens with two attached hydrogens (primary N) is 1. The van der Waals surface area contributed by atoms with Crippen molar-refractivity contribution in [2.75, 3.05) is 18.1 Å². The molecule has 1 aliphatic carbocycles. The Kier molecular flexibility index (Phi) is 6.67. The minimum absolute atomic E-state index is 0.171. The molecular formula is C16H25NO3S. The van der Waals surface area contributed by atoms with Crippen LogP contribution in [0.5, 0.6) is 5.75 Å². The van der Waals surface area contributed by atoms with Crippen LogP contribution in [0.25, 0.3) is 0 Å². The van der Waals surface area contributed by atoms with Crippen molar-refractivity contribution in [3.63, 3.8) is 0 Å². The van der Waals surface area contributed by atoms with E-state index in [4.69, 9.17) is 10.5 Å². The molecule has 1 fully saturated rings. The lowest BCUT2D eigenvalue weighted by molar-refractivity contribution is 0.125. The molecule has 0 aromatic heterocycles. The number of hydrogen-bond acceptors (Lipinski definition) is 4. The van der Waals surface area contributed by atoms with E-state index in [1.54, 1.807) is 0 Å². The van der Waals surface area contributed by atoms with Crippen LogP contribution in [0.15, 0.2) is 24.3 Å². The first-order valence-corrected chi connectivity index (χ1v) is 9.11. The Morgan fingerprint density at radius 1 is 1.38 bits per heavy atom. The van der Waals surface area contributed by atoms with Crippen LogP contribution in [-0.2, 0) is 17.3 Å². The first kappa shape index (κ1) is 16.5. The fourth-order valence-electron chi connectivity index (χ4n) is 2.73. The molecule has 0 aliphatic heterocycles. The number of rotatable bonds is 8. The Morgan fingerprint density at radius 2 is 2.14 bits per heavy atom. The summed E-state index contributed by atoms with van der Waals surface area (Å²) in [5, 5.41) is 9.94. The average molecular weight is 311 g/mol. The molecule has 2 atom stereocenters. The third-order valence-corrected chi connectivity index (χ3v) is 5.45. The van der Waals surface area contributed by atoms with Crippen molar-refractivity contribution in [3.05, 3.63) is 29.8 Å². The van der Waals surface area contributed by atoms with Crippen LogP contribution < -0.4 is 10.5 Å². The maximum absolute atomic E-state index is 12.0. The number of aliphatic hydroxyl groups is 1. The van der Waals surface area contributed by atoms with Gasteiger partial charge in [-0.1, -0.05) is 25.0 Å². The highest BCUT2D eigenvalue weighted by molar-refractivity contribution is 7.85. The Hall–Kier alpha value is -0.910. The molecule has 1 aliphatic rings. The van der Waals surface area contributed by atoms with Crippen LogP contribution >= 0.6 is 0 Å². The molecule has 0 radical (unpaired) electrons. The molecule has 5 heteroatoms. The third-order valence-electron chi connectivity index (χ3n) is 3.85. The lowest BCUT2D eigenvalue weighted by atomic mass is 10.1. The van der Waals surface area contributed by atoms with Gasteiger partial charge in [0.1, 0.15) is 12.4 Å². The van der Waals surface area contributed by atoms with Crippen LogP contribution in [0.1, 0.15) is 31.2 Å². The summed E-state index contributed by atoms with van der Waals surface area (Å²) in [4.78, 5) is 0. The van der Waals surface area contributed by atoms with Gasteiger partial charge in [-0.05, 0) is 36.5 Å². The van der Waals surface area contributed by atoms with Crippen LogP contribution in [0.2, 0.25) is 0 Å². The zero-order valence-corrected chi connectivity index (χ0v) is 13.2. The Labute approximate surface area is 129 Å². The van der Waals surface area contributed by atoms with Crippen LogP contribution in [0.4, 0.5) is 0 Å². The molecule has 4 nitrogen and oxygen atoms in total. The van der Waals surface area contributed by atoms with E-state index in [-0.39, 0.29) is 6.61 Å². The smallest absolute Gasteiger partial charge is 0.119 e. The molecule has 1 aromatic rings. The molecule has 0 saturated heterocycles. The summed E-state index contributed by atoms with van der Waals surface area (Å²) in [7, 11) is -0.954. The van der Waals surface area contributed by atoms with Gasteiger partial charge in [0.15, 0.2) is 0 Å². The van der Waals surface area contributed by atoms with Gasteiger partial charge in [0, 0.05) is 23.1 Å². The maximum Gasteiger partial charge on any atom is 0.119 e. The van der Waals surface area contributed by atoms with Gasteiger partial charge in [-0.25, -0.2) is 0 Å². The van der Waals surface area contributed by atoms with Gasteiger partial charge in [0.25, 0.3) is 0 Å². The van der Waals surface area contributed by atoms with E-state index in [9.17, 15) is 9.32 Å². The first-order valence-electron chi connectivity index (χ1n) is 7.62. The van der Waals surface area contributed by atoms with Gasteiger partial charge in [-0.2, -0.15) is 0 Å². The van der Waals surface area contributed by atoms with Crippen molar-refractivity contribution < 1.29 is 14.1 Å². The summed E-state index contributed by atoms with van der Waals surface area (Å²) >= 11 is 0. The minimum atomic E-state index is -0.954. The van der Waals surface area contributed by atoms with Crippen molar-refractivity contribution in [3.8, 4) is 5.75 Å². The zero-order chi connectivity index (χ0) is 15.1. The van der Waals surface area contributed by atoms with Gasteiger partial charge >= 0.3 is 0 Å². The van der Waals surface area contributed by atoms with Crippen molar-refractivity contribution in [1.29, 1.82) is 0 Å². The van der Waals surface area contributed by atoms with E-state index in [2.05, 4.69) is 0 Å². The molecule has 118 valence electrons. The van der Waals surface area contributed by atoms with E-state index < -0.39 is 16.9 Å². The van der Waals surface area contributed by atoms with Crippen molar-refractivity contribution in [1.82, 2.24) is 0 Å². The van der Waals surface area contributed by atoms with Crippen LogP contribution in [-0.4, -0.2) is 33.5 Å². The highest BCUT2D eigenvalue weighted by Gasteiger charge is 2.19. The molecule has 0 spiro atoms. The van der Waals surface area contributed by atoms with E-state index in [0.717, 1.165) is 11.3 Å². The van der Waals surface area contributed by atoms with E-state index in [1.807, 2.05) is 24.3 Å². The molecule has 1 saturated carbocycles. The van der Waals surface area contributed by atoms with Gasteiger partial charge in [-0.3, -0.25) is 4.21 Å². The fourth-order valence-corrected chi connectivity index (χ4v) is 4.25. The summed E-state index contributed by atoms with van der Waals surface area (Å²) in [6.07, 6.45) is 4.19. The average Bonchev–Trinajstić information content (AvgIpc) is 2.98. The number of benzene rings is 1. The highest BCUT2D eigenvalue weighted by Crippen LogP contribution is 2.25. The molecule has 3 N–H and O–H groups in total. The molecule has 1 aromatic carbocycles. The lowest BCUT2D eigenvalue weighted by Gasteiger charge is -2.14. The maximum atomic E-state index is 12.0. The quantitative estimate of drug-likeness (QED) is 0.768. The summed E-state index contributed by atoms with van der Waals surface area (Å²) in [6, 6.07) is 7.51. The Bertz CT molecular complexity index is 461. The van der Waals surface area contributed by atoms with Gasteiger partial charge in [-0.15, -0.1) is 0 Å². The second kappa shape index (κ2) is 8.51. The molecule has 0 amide bonds. The van der Waals surface area contributed by atoms with E-state index in [1.165, 1.54) is 25.7 Å². The summed E-state index contributed by atoms with van der Waals surface area (Å²) in [5.74, 6) is 2.30. The van der Waals surface area contributed by atoms with Crippen LogP contribution in [0, 0.1) is 5.92 Å².